The number of nitrogens with zero attached hydrogens (tertiary/aromatic N) is 1. The molecule has 96 valence electrons. The van der Waals surface area contributed by atoms with Crippen LogP contribution in [-0.4, -0.2) is 23.5 Å². The van der Waals surface area contributed by atoms with Crippen LogP contribution in [0.1, 0.15) is 60.8 Å². The maximum atomic E-state index is 2.62. The molecule has 1 atom stereocenters. The number of allylic oxidation sites excluding steroid dienone is 2. The Balaban J connectivity index is 4.08. The molecule has 0 aromatic rings. The number of rotatable bonds is 7. The van der Waals surface area contributed by atoms with E-state index >= 15 is 0 Å². The van der Waals surface area contributed by atoms with Crippen molar-refractivity contribution < 1.29 is 0 Å². The smallest absolute Gasteiger partial charge is 0.0125 e. The molecule has 0 saturated carbocycles. The summed E-state index contributed by atoms with van der Waals surface area (Å²) in [5.74, 6) is 0.793. The Bertz CT molecular complexity index is 188. The van der Waals surface area contributed by atoms with Crippen LogP contribution >= 0.6 is 0 Å². The number of hydrogen-bond donors (Lipinski definition) is 0. The zero-order valence-corrected chi connectivity index (χ0v) is 12.2. The lowest BCUT2D eigenvalue weighted by molar-refractivity contribution is 0.115. The molecule has 0 N–H and O–H groups in total. The second kappa shape index (κ2) is 7.89. The molecular weight excluding hydrogens is 194 g/mol. The number of hydrogen-bond acceptors (Lipinski definition) is 1. The van der Waals surface area contributed by atoms with Gasteiger partial charge in [-0.2, -0.15) is 0 Å². The van der Waals surface area contributed by atoms with Gasteiger partial charge in [0.05, 0.1) is 0 Å². The Morgan fingerprint density at radius 3 is 2.31 bits per heavy atom. The first-order valence-electron chi connectivity index (χ1n) is 6.78. The summed E-state index contributed by atoms with van der Waals surface area (Å²) in [6, 6.07) is 0. The first-order valence-corrected chi connectivity index (χ1v) is 6.78. The summed E-state index contributed by atoms with van der Waals surface area (Å²) in [6.07, 6.45) is 8.21. The van der Waals surface area contributed by atoms with Gasteiger partial charge in [0.2, 0.25) is 0 Å². The lowest BCUT2D eigenvalue weighted by atomic mass is 9.99. The predicted molar refractivity (Wildman–Crippen MR) is 74.8 cm³/mol. The van der Waals surface area contributed by atoms with Gasteiger partial charge in [0.25, 0.3) is 0 Å². The summed E-state index contributed by atoms with van der Waals surface area (Å²) < 4.78 is 0. The van der Waals surface area contributed by atoms with Gasteiger partial charge in [0, 0.05) is 12.1 Å². The molecule has 1 nitrogen and oxygen atoms in total. The maximum Gasteiger partial charge on any atom is 0.0125 e. The zero-order valence-electron chi connectivity index (χ0n) is 12.2. The van der Waals surface area contributed by atoms with Crippen LogP contribution in [0, 0.1) is 5.92 Å². The van der Waals surface area contributed by atoms with Crippen molar-refractivity contribution in [2.24, 2.45) is 5.92 Å². The van der Waals surface area contributed by atoms with Crippen LogP contribution in [0.2, 0.25) is 0 Å². The molecule has 0 radical (unpaired) electrons. The Morgan fingerprint density at radius 1 is 1.25 bits per heavy atom. The van der Waals surface area contributed by atoms with Crippen LogP contribution in [0.15, 0.2) is 12.2 Å². The van der Waals surface area contributed by atoms with Crippen molar-refractivity contribution in [1.29, 1.82) is 0 Å². The fourth-order valence-corrected chi connectivity index (χ4v) is 1.99. The molecular formula is C15H31N. The van der Waals surface area contributed by atoms with Crippen LogP contribution in [0.25, 0.3) is 0 Å². The molecule has 0 saturated heterocycles. The van der Waals surface area contributed by atoms with Crippen molar-refractivity contribution in [3.8, 4) is 0 Å². The van der Waals surface area contributed by atoms with Crippen molar-refractivity contribution in [2.45, 2.75) is 66.3 Å². The van der Waals surface area contributed by atoms with E-state index in [1.165, 1.54) is 32.4 Å². The minimum absolute atomic E-state index is 0.310. The van der Waals surface area contributed by atoms with E-state index < -0.39 is 0 Å². The minimum Gasteiger partial charge on any atom is -0.298 e. The summed E-state index contributed by atoms with van der Waals surface area (Å²) in [6.45, 7) is 16.2. The zero-order chi connectivity index (χ0) is 12.6. The van der Waals surface area contributed by atoms with Crippen LogP contribution in [0.3, 0.4) is 0 Å². The standard InChI is InChI=1S/C15H31N/c1-7-9-10-11-14(3)13-16(12-8-2)15(4,5)6/h7,9,14H,8,10-13H2,1-6H3/b9-7-. The van der Waals surface area contributed by atoms with Gasteiger partial charge in [-0.15, -0.1) is 0 Å². The van der Waals surface area contributed by atoms with Crippen molar-refractivity contribution in [3.63, 3.8) is 0 Å². The van der Waals surface area contributed by atoms with E-state index in [-0.39, 0.29) is 0 Å². The van der Waals surface area contributed by atoms with Gasteiger partial charge in [0.15, 0.2) is 0 Å². The van der Waals surface area contributed by atoms with E-state index in [1.54, 1.807) is 0 Å². The predicted octanol–water partition coefficient (Wildman–Crippen LogP) is 4.49. The van der Waals surface area contributed by atoms with Gasteiger partial charge < -0.3 is 0 Å². The van der Waals surface area contributed by atoms with Crippen molar-refractivity contribution in [1.82, 2.24) is 4.90 Å². The van der Waals surface area contributed by atoms with Crippen LogP contribution in [-0.2, 0) is 0 Å². The fraction of sp³-hybridized carbons (Fsp3) is 0.867. The van der Waals surface area contributed by atoms with Crippen molar-refractivity contribution in [3.05, 3.63) is 12.2 Å². The third-order valence-electron chi connectivity index (χ3n) is 3.04. The molecule has 16 heavy (non-hydrogen) atoms. The molecule has 0 heterocycles. The molecule has 0 bridgehead atoms. The van der Waals surface area contributed by atoms with Gasteiger partial charge >= 0.3 is 0 Å². The molecule has 0 amide bonds. The van der Waals surface area contributed by atoms with Crippen LogP contribution < -0.4 is 0 Å². The van der Waals surface area contributed by atoms with Gasteiger partial charge in [-0.05, 0) is 59.4 Å². The first-order chi connectivity index (χ1) is 7.41. The molecule has 0 aliphatic carbocycles. The van der Waals surface area contributed by atoms with E-state index in [2.05, 4.69) is 58.6 Å². The highest BCUT2D eigenvalue weighted by Crippen LogP contribution is 2.18. The topological polar surface area (TPSA) is 3.24 Å². The molecule has 0 aromatic heterocycles. The highest BCUT2D eigenvalue weighted by molar-refractivity contribution is 4.80. The molecule has 0 fully saturated rings. The first kappa shape index (κ1) is 15.7. The Kier molecular flexibility index (Phi) is 7.74. The van der Waals surface area contributed by atoms with Gasteiger partial charge in [-0.1, -0.05) is 26.0 Å². The molecule has 0 aliphatic rings. The molecule has 0 aliphatic heterocycles. The Labute approximate surface area is 103 Å². The Hall–Kier alpha value is -0.300. The lowest BCUT2D eigenvalue weighted by Gasteiger charge is -2.37. The summed E-state index contributed by atoms with van der Waals surface area (Å²) in [7, 11) is 0. The molecule has 0 spiro atoms. The highest BCUT2D eigenvalue weighted by atomic mass is 15.2. The normalized spacial score (nSPS) is 14.9. The van der Waals surface area contributed by atoms with E-state index in [0.29, 0.717) is 5.54 Å². The van der Waals surface area contributed by atoms with Gasteiger partial charge in [0.1, 0.15) is 0 Å². The third-order valence-corrected chi connectivity index (χ3v) is 3.04. The summed E-state index contributed by atoms with van der Waals surface area (Å²) >= 11 is 0. The van der Waals surface area contributed by atoms with E-state index in [0.717, 1.165) is 5.92 Å². The largest absolute Gasteiger partial charge is 0.298 e. The molecule has 1 unspecified atom stereocenters. The summed E-state index contributed by atoms with van der Waals surface area (Å²) in [4.78, 5) is 2.62. The SMILES string of the molecule is C/C=C\CCC(C)CN(CCC)C(C)(C)C. The molecule has 1 heteroatoms. The second-order valence-corrected chi connectivity index (χ2v) is 5.87. The van der Waals surface area contributed by atoms with Gasteiger partial charge in [-0.25, -0.2) is 0 Å². The lowest BCUT2D eigenvalue weighted by Crippen LogP contribution is -2.44. The highest BCUT2D eigenvalue weighted by Gasteiger charge is 2.21. The van der Waals surface area contributed by atoms with Crippen molar-refractivity contribution >= 4 is 0 Å². The summed E-state index contributed by atoms with van der Waals surface area (Å²) in [5.41, 5.74) is 0.310. The van der Waals surface area contributed by atoms with Gasteiger partial charge in [-0.3, -0.25) is 4.90 Å². The maximum absolute atomic E-state index is 2.62. The van der Waals surface area contributed by atoms with E-state index in [9.17, 15) is 0 Å². The monoisotopic (exact) mass is 225 g/mol. The van der Waals surface area contributed by atoms with E-state index in [1.807, 2.05) is 0 Å². The van der Waals surface area contributed by atoms with Crippen LogP contribution in [0.4, 0.5) is 0 Å². The quantitative estimate of drug-likeness (QED) is 0.577. The molecule has 0 rings (SSSR count). The molecule has 0 aromatic carbocycles. The second-order valence-electron chi connectivity index (χ2n) is 5.87. The summed E-state index contributed by atoms with van der Waals surface area (Å²) in [5, 5.41) is 0. The fourth-order valence-electron chi connectivity index (χ4n) is 1.99. The third kappa shape index (κ3) is 7.05. The van der Waals surface area contributed by atoms with E-state index in [4.69, 9.17) is 0 Å². The Morgan fingerprint density at radius 2 is 1.88 bits per heavy atom. The van der Waals surface area contributed by atoms with Crippen LogP contribution in [0.5, 0.6) is 0 Å². The average molecular weight is 225 g/mol. The van der Waals surface area contributed by atoms with Crippen molar-refractivity contribution in [2.75, 3.05) is 13.1 Å². The average Bonchev–Trinajstić information content (AvgIpc) is 2.16. The minimum atomic E-state index is 0.310.